The number of hydrogen-bond donors (Lipinski definition) is 0. The Morgan fingerprint density at radius 1 is 1.03 bits per heavy atom. The van der Waals surface area contributed by atoms with E-state index in [1.165, 1.54) is 5.01 Å². The summed E-state index contributed by atoms with van der Waals surface area (Å²) in [7, 11) is 0. The molecule has 7 nitrogen and oxygen atoms in total. The van der Waals surface area contributed by atoms with Crippen molar-refractivity contribution >= 4 is 50.8 Å². The third-order valence-corrected chi connectivity index (χ3v) is 5.45. The number of carbonyl (C=O) groups is 3. The zero-order valence-corrected chi connectivity index (χ0v) is 17.4. The Bertz CT molecular complexity index is 1020. The van der Waals surface area contributed by atoms with E-state index in [1.807, 2.05) is 19.1 Å². The van der Waals surface area contributed by atoms with Crippen molar-refractivity contribution in [2.45, 2.75) is 19.9 Å². The van der Waals surface area contributed by atoms with Gasteiger partial charge in [-0.1, -0.05) is 33.6 Å². The normalized spacial score (nSPS) is 20.7. The average molecular weight is 456 g/mol. The lowest BCUT2D eigenvalue weighted by atomic mass is 9.98. The number of fused-ring (bicyclic) bond motifs is 1. The first kappa shape index (κ1) is 19.3. The quantitative estimate of drug-likeness (QED) is 0.522. The van der Waals surface area contributed by atoms with Crippen LogP contribution in [-0.4, -0.2) is 36.1 Å². The molecular weight excluding hydrogens is 438 g/mol. The van der Waals surface area contributed by atoms with Crippen LogP contribution in [0.15, 0.2) is 58.1 Å². The number of hydrazone groups is 1. The molecule has 2 amide bonds. The van der Waals surface area contributed by atoms with Gasteiger partial charge in [0, 0.05) is 4.47 Å². The fourth-order valence-electron chi connectivity index (χ4n) is 3.54. The lowest BCUT2D eigenvalue weighted by Crippen LogP contribution is -2.39. The molecule has 0 N–H and O–H groups in total. The van der Waals surface area contributed by atoms with Crippen LogP contribution in [0.3, 0.4) is 0 Å². The fourth-order valence-corrected chi connectivity index (χ4v) is 3.81. The molecule has 4 rings (SSSR count). The summed E-state index contributed by atoms with van der Waals surface area (Å²) >= 11 is 3.38. The zero-order valence-electron chi connectivity index (χ0n) is 15.8. The molecule has 0 unspecified atom stereocenters. The van der Waals surface area contributed by atoms with Gasteiger partial charge in [-0.05, 0) is 50.2 Å². The first-order chi connectivity index (χ1) is 13.9. The number of amides is 2. The molecule has 0 bridgehead atoms. The number of benzene rings is 2. The van der Waals surface area contributed by atoms with Gasteiger partial charge >= 0.3 is 5.97 Å². The second-order valence-corrected chi connectivity index (χ2v) is 7.71. The van der Waals surface area contributed by atoms with E-state index < -0.39 is 29.7 Å². The molecule has 2 atom stereocenters. The van der Waals surface area contributed by atoms with Gasteiger partial charge in [0.25, 0.3) is 5.91 Å². The number of ether oxygens (including phenoxy) is 1. The third kappa shape index (κ3) is 3.23. The predicted molar refractivity (Wildman–Crippen MR) is 112 cm³/mol. The van der Waals surface area contributed by atoms with Gasteiger partial charge in [-0.15, -0.1) is 0 Å². The van der Waals surface area contributed by atoms with E-state index in [0.717, 1.165) is 14.9 Å². The Balaban J connectivity index is 1.78. The van der Waals surface area contributed by atoms with Crippen LogP contribution < -0.4 is 9.91 Å². The minimum absolute atomic E-state index is 0.0484. The van der Waals surface area contributed by atoms with Gasteiger partial charge in [-0.3, -0.25) is 14.6 Å². The second-order valence-electron chi connectivity index (χ2n) is 6.80. The lowest BCUT2D eigenvalue weighted by molar-refractivity contribution is -0.136. The van der Waals surface area contributed by atoms with Crippen molar-refractivity contribution < 1.29 is 19.1 Å². The maximum Gasteiger partial charge on any atom is 0.355 e. The number of nitrogens with zero attached hydrogens (tertiary/aromatic N) is 3. The minimum atomic E-state index is -1.01. The standard InChI is InChI=1S/C21H18BrN3O4/c1-3-29-21(28)17-16-18(25(23-17)15-10-6-13(22)7-11-15)20(27)24(19(16)26)14-8-4-12(2)5-9-14/h4-11,16,18H,3H2,1-2H3/t16-,18+/m0/s1. The van der Waals surface area contributed by atoms with Crippen LogP contribution in [-0.2, 0) is 19.1 Å². The molecule has 0 saturated carbocycles. The molecule has 2 aliphatic rings. The van der Waals surface area contributed by atoms with Gasteiger partial charge in [0.15, 0.2) is 5.71 Å². The van der Waals surface area contributed by atoms with Gasteiger partial charge in [-0.2, -0.15) is 5.10 Å². The lowest BCUT2D eigenvalue weighted by Gasteiger charge is -2.22. The topological polar surface area (TPSA) is 79.3 Å². The summed E-state index contributed by atoms with van der Waals surface area (Å²) in [6.07, 6.45) is 0. The molecule has 8 heteroatoms. The van der Waals surface area contributed by atoms with Crippen LogP contribution in [0.5, 0.6) is 0 Å². The van der Waals surface area contributed by atoms with Gasteiger partial charge in [0.2, 0.25) is 5.91 Å². The highest BCUT2D eigenvalue weighted by Crippen LogP contribution is 2.38. The molecule has 1 saturated heterocycles. The van der Waals surface area contributed by atoms with Crippen LogP contribution >= 0.6 is 15.9 Å². The molecule has 1 fully saturated rings. The Morgan fingerprint density at radius 2 is 1.66 bits per heavy atom. The van der Waals surface area contributed by atoms with Crippen molar-refractivity contribution in [3.05, 3.63) is 58.6 Å². The summed E-state index contributed by atoms with van der Waals surface area (Å²) in [5, 5.41) is 5.77. The van der Waals surface area contributed by atoms with Crippen molar-refractivity contribution in [2.75, 3.05) is 16.5 Å². The Labute approximate surface area is 176 Å². The van der Waals surface area contributed by atoms with Crippen LogP contribution in [0.4, 0.5) is 11.4 Å². The summed E-state index contributed by atoms with van der Waals surface area (Å²) in [6, 6.07) is 13.3. The first-order valence-electron chi connectivity index (χ1n) is 9.17. The Morgan fingerprint density at radius 3 is 2.28 bits per heavy atom. The molecule has 0 radical (unpaired) electrons. The summed E-state index contributed by atoms with van der Waals surface area (Å²) in [5.74, 6) is -2.59. The van der Waals surface area contributed by atoms with E-state index >= 15 is 0 Å². The third-order valence-electron chi connectivity index (χ3n) is 4.92. The molecule has 2 aromatic rings. The van der Waals surface area contributed by atoms with Gasteiger partial charge in [0.1, 0.15) is 12.0 Å². The summed E-state index contributed by atoms with van der Waals surface area (Å²) < 4.78 is 5.95. The molecule has 0 aliphatic carbocycles. The number of halogens is 1. The van der Waals surface area contributed by atoms with Crippen molar-refractivity contribution in [1.82, 2.24) is 0 Å². The average Bonchev–Trinajstić information content (AvgIpc) is 3.21. The van der Waals surface area contributed by atoms with Crippen molar-refractivity contribution in [1.29, 1.82) is 0 Å². The first-order valence-corrected chi connectivity index (χ1v) is 9.96. The molecule has 29 heavy (non-hydrogen) atoms. The Kier molecular flexibility index (Phi) is 4.96. The van der Waals surface area contributed by atoms with E-state index in [0.29, 0.717) is 11.4 Å². The van der Waals surface area contributed by atoms with Crippen LogP contribution in [0.25, 0.3) is 0 Å². The number of aryl methyl sites for hydroxylation is 1. The van der Waals surface area contributed by atoms with Crippen molar-refractivity contribution in [2.24, 2.45) is 11.0 Å². The molecule has 148 valence electrons. The molecule has 2 aromatic carbocycles. The Hall–Kier alpha value is -3.00. The highest BCUT2D eigenvalue weighted by molar-refractivity contribution is 9.10. The molecule has 0 spiro atoms. The van der Waals surface area contributed by atoms with E-state index in [9.17, 15) is 14.4 Å². The maximum absolute atomic E-state index is 13.3. The van der Waals surface area contributed by atoms with E-state index in [-0.39, 0.29) is 12.3 Å². The van der Waals surface area contributed by atoms with E-state index in [1.54, 1.807) is 43.3 Å². The predicted octanol–water partition coefficient (Wildman–Crippen LogP) is 3.05. The largest absolute Gasteiger partial charge is 0.461 e. The second kappa shape index (κ2) is 7.44. The van der Waals surface area contributed by atoms with E-state index in [2.05, 4.69) is 21.0 Å². The number of anilines is 2. The highest BCUT2D eigenvalue weighted by atomic mass is 79.9. The zero-order chi connectivity index (χ0) is 20.7. The van der Waals surface area contributed by atoms with Crippen molar-refractivity contribution in [3.8, 4) is 0 Å². The molecule has 2 heterocycles. The number of imide groups is 1. The smallest absolute Gasteiger partial charge is 0.355 e. The summed E-state index contributed by atoms with van der Waals surface area (Å²) in [5.41, 5.74) is 2.04. The van der Waals surface area contributed by atoms with Crippen molar-refractivity contribution in [3.63, 3.8) is 0 Å². The highest BCUT2D eigenvalue weighted by Gasteiger charge is 2.59. The van der Waals surface area contributed by atoms with Crippen LogP contribution in [0.2, 0.25) is 0 Å². The summed E-state index contributed by atoms with van der Waals surface area (Å²) in [4.78, 5) is 40.1. The number of esters is 1. The SMILES string of the molecule is CCOC(=O)C1=NN(c2ccc(Br)cc2)[C@H]2C(=O)N(c3ccc(C)cc3)C(=O)[C@@H]12. The summed E-state index contributed by atoms with van der Waals surface area (Å²) in [6.45, 7) is 3.75. The van der Waals surface area contributed by atoms with Crippen LogP contribution in [0.1, 0.15) is 12.5 Å². The number of carbonyl (C=O) groups excluding carboxylic acids is 3. The van der Waals surface area contributed by atoms with Crippen LogP contribution in [0, 0.1) is 12.8 Å². The molecule has 0 aromatic heterocycles. The monoisotopic (exact) mass is 455 g/mol. The van der Waals surface area contributed by atoms with Gasteiger partial charge < -0.3 is 4.74 Å². The van der Waals surface area contributed by atoms with E-state index in [4.69, 9.17) is 4.74 Å². The molecule has 2 aliphatic heterocycles. The van der Waals surface area contributed by atoms with Gasteiger partial charge in [0.05, 0.1) is 18.0 Å². The number of hydrogen-bond acceptors (Lipinski definition) is 6. The van der Waals surface area contributed by atoms with Gasteiger partial charge in [-0.25, -0.2) is 9.69 Å². The number of rotatable bonds is 4. The fraction of sp³-hybridized carbons (Fsp3) is 0.238. The minimum Gasteiger partial charge on any atom is -0.461 e. The molecular formula is C21H18BrN3O4. The maximum atomic E-state index is 13.3.